The summed E-state index contributed by atoms with van der Waals surface area (Å²) in [6, 6.07) is 4.74. The van der Waals surface area contributed by atoms with Gasteiger partial charge in [-0.15, -0.1) is 0 Å². The van der Waals surface area contributed by atoms with E-state index in [2.05, 4.69) is 0 Å². The molecule has 1 aromatic rings. The van der Waals surface area contributed by atoms with Gasteiger partial charge in [-0.05, 0) is 18.9 Å². The molecule has 1 saturated carbocycles. The Morgan fingerprint density at radius 3 is 2.88 bits per heavy atom. The highest BCUT2D eigenvalue weighted by atomic mass is 35.5. The van der Waals surface area contributed by atoms with Crippen molar-refractivity contribution in [2.75, 3.05) is 0 Å². The van der Waals surface area contributed by atoms with Gasteiger partial charge in [0.15, 0.2) is 0 Å². The van der Waals surface area contributed by atoms with Crippen molar-refractivity contribution < 1.29 is 19.0 Å². The molecule has 17 heavy (non-hydrogen) atoms. The Labute approximate surface area is 103 Å². The summed E-state index contributed by atoms with van der Waals surface area (Å²) >= 11 is 5.63. The minimum absolute atomic E-state index is 0.0723. The lowest BCUT2D eigenvalue weighted by Gasteiger charge is -2.32. The van der Waals surface area contributed by atoms with Gasteiger partial charge in [-0.3, -0.25) is 4.79 Å². The van der Waals surface area contributed by atoms with E-state index in [0.717, 1.165) is 0 Å². The number of ether oxygens (including phenoxy) is 1. The number of benzene rings is 1. The molecule has 0 bridgehead atoms. The number of carboxylic acids is 1. The van der Waals surface area contributed by atoms with Gasteiger partial charge in [0.25, 0.3) is 0 Å². The predicted octanol–water partition coefficient (Wildman–Crippen LogP) is 2.86. The van der Waals surface area contributed by atoms with Crippen LogP contribution in [0, 0.1) is 11.7 Å². The molecule has 0 heterocycles. The zero-order valence-electron chi connectivity index (χ0n) is 9.03. The molecule has 1 N–H and O–H groups in total. The first kappa shape index (κ1) is 12.3. The summed E-state index contributed by atoms with van der Waals surface area (Å²) in [7, 11) is 0. The molecule has 0 amide bonds. The maximum atomic E-state index is 13.5. The molecule has 1 fully saturated rings. The van der Waals surface area contributed by atoms with Crippen LogP contribution >= 0.6 is 11.6 Å². The molecule has 92 valence electrons. The Bertz CT molecular complexity index is 430. The van der Waals surface area contributed by atoms with Crippen molar-refractivity contribution in [3.8, 4) is 0 Å². The number of carboxylic acid groups (broad SMARTS) is 1. The summed E-state index contributed by atoms with van der Waals surface area (Å²) in [6.07, 6.45) is 0.907. The average Bonchev–Trinajstić information content (AvgIpc) is 2.21. The standard InChI is InChI=1S/C12H12ClFO3/c13-10-3-1-2-7(11(10)14)6-17-9-4-8(5-9)12(15)16/h1-3,8-9H,4-6H2,(H,15,16). The van der Waals surface area contributed by atoms with E-state index in [1.165, 1.54) is 6.07 Å². The summed E-state index contributed by atoms with van der Waals surface area (Å²) in [5.74, 6) is -1.58. The van der Waals surface area contributed by atoms with Gasteiger partial charge < -0.3 is 9.84 Å². The van der Waals surface area contributed by atoms with Crippen LogP contribution in [-0.2, 0) is 16.1 Å². The van der Waals surface area contributed by atoms with Crippen LogP contribution in [0.2, 0.25) is 5.02 Å². The fourth-order valence-corrected chi connectivity index (χ4v) is 1.97. The van der Waals surface area contributed by atoms with Gasteiger partial charge in [-0.1, -0.05) is 23.7 Å². The number of aliphatic carboxylic acids is 1. The van der Waals surface area contributed by atoms with Crippen molar-refractivity contribution in [3.63, 3.8) is 0 Å². The highest BCUT2D eigenvalue weighted by Crippen LogP contribution is 2.31. The first-order chi connectivity index (χ1) is 8.08. The van der Waals surface area contributed by atoms with Gasteiger partial charge in [0.2, 0.25) is 0 Å². The van der Waals surface area contributed by atoms with Gasteiger partial charge in [-0.2, -0.15) is 0 Å². The van der Waals surface area contributed by atoms with Crippen LogP contribution in [0.4, 0.5) is 4.39 Å². The van der Waals surface area contributed by atoms with E-state index < -0.39 is 11.8 Å². The third-order valence-corrected chi connectivity index (χ3v) is 3.24. The molecule has 0 radical (unpaired) electrons. The van der Waals surface area contributed by atoms with Crippen LogP contribution < -0.4 is 0 Å². The number of carbonyl (C=O) groups is 1. The predicted molar refractivity (Wildman–Crippen MR) is 60.3 cm³/mol. The van der Waals surface area contributed by atoms with Crippen molar-refractivity contribution in [3.05, 3.63) is 34.6 Å². The normalized spacial score (nSPS) is 23.2. The third-order valence-electron chi connectivity index (χ3n) is 2.95. The zero-order chi connectivity index (χ0) is 12.4. The quantitative estimate of drug-likeness (QED) is 0.903. The van der Waals surface area contributed by atoms with Crippen LogP contribution in [0.25, 0.3) is 0 Å². The molecule has 0 atom stereocenters. The Balaban J connectivity index is 1.84. The van der Waals surface area contributed by atoms with Gasteiger partial charge in [0.1, 0.15) is 5.82 Å². The largest absolute Gasteiger partial charge is 0.481 e. The second-order valence-electron chi connectivity index (χ2n) is 4.15. The summed E-state index contributed by atoms with van der Waals surface area (Å²) in [6.45, 7) is 0.128. The highest BCUT2D eigenvalue weighted by molar-refractivity contribution is 6.30. The van der Waals surface area contributed by atoms with E-state index in [0.29, 0.717) is 18.4 Å². The lowest BCUT2D eigenvalue weighted by Crippen LogP contribution is -2.36. The first-order valence-corrected chi connectivity index (χ1v) is 5.73. The topological polar surface area (TPSA) is 46.5 Å². The molecule has 5 heteroatoms. The summed E-state index contributed by atoms with van der Waals surface area (Å²) in [4.78, 5) is 10.6. The molecule has 0 unspecified atom stereocenters. The summed E-state index contributed by atoms with van der Waals surface area (Å²) in [5, 5.41) is 8.76. The van der Waals surface area contributed by atoms with Crippen molar-refractivity contribution in [1.82, 2.24) is 0 Å². The smallest absolute Gasteiger partial charge is 0.306 e. The third kappa shape index (κ3) is 2.76. The molecule has 1 aliphatic rings. The monoisotopic (exact) mass is 258 g/mol. The van der Waals surface area contributed by atoms with Crippen molar-refractivity contribution in [2.24, 2.45) is 5.92 Å². The number of halogens is 2. The van der Waals surface area contributed by atoms with E-state index in [-0.39, 0.29) is 23.7 Å². The molecule has 0 aliphatic heterocycles. The first-order valence-electron chi connectivity index (χ1n) is 5.35. The molecule has 0 spiro atoms. The van der Waals surface area contributed by atoms with Crippen molar-refractivity contribution in [2.45, 2.75) is 25.6 Å². The van der Waals surface area contributed by atoms with E-state index in [1.54, 1.807) is 12.1 Å². The minimum atomic E-state index is -0.793. The highest BCUT2D eigenvalue weighted by Gasteiger charge is 2.35. The Morgan fingerprint density at radius 1 is 1.53 bits per heavy atom. The van der Waals surface area contributed by atoms with E-state index >= 15 is 0 Å². The van der Waals surface area contributed by atoms with E-state index in [9.17, 15) is 9.18 Å². The molecular weight excluding hydrogens is 247 g/mol. The molecule has 3 nitrogen and oxygen atoms in total. The maximum Gasteiger partial charge on any atom is 0.306 e. The van der Waals surface area contributed by atoms with Gasteiger partial charge in [0, 0.05) is 5.56 Å². The lowest BCUT2D eigenvalue weighted by atomic mass is 9.82. The van der Waals surface area contributed by atoms with E-state index in [1.807, 2.05) is 0 Å². The summed E-state index contributed by atoms with van der Waals surface area (Å²) < 4.78 is 18.9. The van der Waals surface area contributed by atoms with Crippen LogP contribution in [-0.4, -0.2) is 17.2 Å². The van der Waals surface area contributed by atoms with Gasteiger partial charge in [0.05, 0.1) is 23.7 Å². The van der Waals surface area contributed by atoms with Crippen LogP contribution in [0.5, 0.6) is 0 Å². The number of hydrogen-bond acceptors (Lipinski definition) is 2. The van der Waals surface area contributed by atoms with Crippen molar-refractivity contribution in [1.29, 1.82) is 0 Å². The Morgan fingerprint density at radius 2 is 2.24 bits per heavy atom. The minimum Gasteiger partial charge on any atom is -0.481 e. The molecule has 0 aromatic heterocycles. The van der Waals surface area contributed by atoms with E-state index in [4.69, 9.17) is 21.4 Å². The van der Waals surface area contributed by atoms with Crippen LogP contribution in [0.3, 0.4) is 0 Å². The zero-order valence-corrected chi connectivity index (χ0v) is 9.78. The molecule has 1 aromatic carbocycles. The number of hydrogen-bond donors (Lipinski definition) is 1. The fourth-order valence-electron chi connectivity index (χ4n) is 1.77. The molecule has 0 saturated heterocycles. The van der Waals surface area contributed by atoms with Crippen LogP contribution in [0.1, 0.15) is 18.4 Å². The van der Waals surface area contributed by atoms with Gasteiger partial charge in [-0.25, -0.2) is 4.39 Å². The fraction of sp³-hybridized carbons (Fsp3) is 0.417. The maximum absolute atomic E-state index is 13.5. The van der Waals surface area contributed by atoms with Gasteiger partial charge >= 0.3 is 5.97 Å². The molecule has 2 rings (SSSR count). The van der Waals surface area contributed by atoms with Crippen LogP contribution in [0.15, 0.2) is 18.2 Å². The molecular formula is C12H12ClFO3. The molecule has 1 aliphatic carbocycles. The average molecular weight is 259 g/mol. The van der Waals surface area contributed by atoms with Crippen molar-refractivity contribution >= 4 is 17.6 Å². The number of rotatable bonds is 4. The lowest BCUT2D eigenvalue weighted by molar-refractivity contribution is -0.151. The second kappa shape index (κ2) is 5.02. The second-order valence-corrected chi connectivity index (χ2v) is 4.56. The Kier molecular flexibility index (Phi) is 3.64. The Hall–Kier alpha value is -1.13. The SMILES string of the molecule is O=C(O)C1CC(OCc2cccc(Cl)c2F)C1. The summed E-state index contributed by atoms with van der Waals surface area (Å²) in [5.41, 5.74) is 0.399.